The second-order valence-electron chi connectivity index (χ2n) is 4.90. The summed E-state index contributed by atoms with van der Waals surface area (Å²) < 4.78 is 5.88. The van der Waals surface area contributed by atoms with Gasteiger partial charge in [-0.15, -0.1) is 0 Å². The maximum atomic E-state index is 9.87. The number of anilines is 1. The van der Waals surface area contributed by atoms with Gasteiger partial charge in [-0.3, -0.25) is 0 Å². The van der Waals surface area contributed by atoms with Gasteiger partial charge in [0.2, 0.25) is 0 Å². The molecule has 2 atom stereocenters. The molecule has 0 aliphatic heterocycles. The van der Waals surface area contributed by atoms with Crippen molar-refractivity contribution in [2.24, 2.45) is 0 Å². The summed E-state index contributed by atoms with van der Waals surface area (Å²) in [6.07, 6.45) is 3.71. The summed E-state index contributed by atoms with van der Waals surface area (Å²) >= 11 is 0. The first kappa shape index (κ1) is 12.2. The first-order valence-electron chi connectivity index (χ1n) is 6.29. The molecule has 1 saturated carbocycles. The fourth-order valence-corrected chi connectivity index (χ4v) is 2.22. The Morgan fingerprint density at radius 2 is 2.00 bits per heavy atom. The highest BCUT2D eigenvalue weighted by molar-refractivity contribution is 5.49. The van der Waals surface area contributed by atoms with Crippen LogP contribution in [0.25, 0.3) is 0 Å². The van der Waals surface area contributed by atoms with Gasteiger partial charge in [-0.1, -0.05) is 12.5 Å². The van der Waals surface area contributed by atoms with E-state index < -0.39 is 0 Å². The van der Waals surface area contributed by atoms with Gasteiger partial charge in [0.05, 0.1) is 6.10 Å². The largest absolute Gasteiger partial charge is 0.488 e. The van der Waals surface area contributed by atoms with E-state index in [9.17, 15) is 5.11 Å². The SMILES string of the molecule is CN(C)c1cccc(OC2CCCCC2O)c1. The summed E-state index contributed by atoms with van der Waals surface area (Å²) in [5, 5.41) is 9.87. The molecule has 17 heavy (non-hydrogen) atoms. The minimum absolute atomic E-state index is 0.0406. The first-order chi connectivity index (χ1) is 8.16. The molecule has 0 bridgehead atoms. The minimum Gasteiger partial charge on any atom is -0.488 e. The Balaban J connectivity index is 2.04. The molecule has 3 heteroatoms. The van der Waals surface area contributed by atoms with E-state index in [1.54, 1.807) is 0 Å². The van der Waals surface area contributed by atoms with Crippen LogP contribution in [0.5, 0.6) is 5.75 Å². The summed E-state index contributed by atoms with van der Waals surface area (Å²) in [5.74, 6) is 0.849. The molecule has 0 aromatic heterocycles. The monoisotopic (exact) mass is 235 g/mol. The maximum absolute atomic E-state index is 9.87. The van der Waals surface area contributed by atoms with Crippen LogP contribution in [0.4, 0.5) is 5.69 Å². The first-order valence-corrected chi connectivity index (χ1v) is 6.29. The van der Waals surface area contributed by atoms with Crippen molar-refractivity contribution in [1.29, 1.82) is 0 Å². The molecule has 1 fully saturated rings. The Labute approximate surface area is 103 Å². The molecule has 0 heterocycles. The molecule has 1 aliphatic carbocycles. The zero-order chi connectivity index (χ0) is 12.3. The highest BCUT2D eigenvalue weighted by Crippen LogP contribution is 2.26. The van der Waals surface area contributed by atoms with Gasteiger partial charge in [0.25, 0.3) is 0 Å². The number of hydrogen-bond donors (Lipinski definition) is 1. The Kier molecular flexibility index (Phi) is 3.89. The van der Waals surface area contributed by atoms with E-state index in [2.05, 4.69) is 0 Å². The van der Waals surface area contributed by atoms with Crippen LogP contribution >= 0.6 is 0 Å². The zero-order valence-corrected chi connectivity index (χ0v) is 10.6. The molecule has 1 aromatic rings. The molecule has 2 unspecified atom stereocenters. The Hall–Kier alpha value is -1.22. The Morgan fingerprint density at radius 3 is 2.71 bits per heavy atom. The van der Waals surface area contributed by atoms with Crippen LogP contribution in [0.15, 0.2) is 24.3 Å². The van der Waals surface area contributed by atoms with Crippen molar-refractivity contribution >= 4 is 5.69 Å². The number of ether oxygens (including phenoxy) is 1. The van der Waals surface area contributed by atoms with Crippen molar-refractivity contribution in [3.63, 3.8) is 0 Å². The summed E-state index contributed by atoms with van der Waals surface area (Å²) in [6.45, 7) is 0. The standard InChI is InChI=1S/C14H21NO2/c1-15(2)11-6-5-7-12(10-11)17-14-9-4-3-8-13(14)16/h5-7,10,13-14,16H,3-4,8-9H2,1-2H3. The molecular weight excluding hydrogens is 214 g/mol. The molecule has 0 spiro atoms. The average Bonchev–Trinajstić information content (AvgIpc) is 2.32. The second-order valence-corrected chi connectivity index (χ2v) is 4.90. The molecule has 2 rings (SSSR count). The van der Waals surface area contributed by atoms with E-state index in [0.717, 1.165) is 37.1 Å². The van der Waals surface area contributed by atoms with Gasteiger partial charge in [0.1, 0.15) is 11.9 Å². The van der Waals surface area contributed by atoms with E-state index in [-0.39, 0.29) is 12.2 Å². The van der Waals surface area contributed by atoms with Crippen LogP contribution in [-0.4, -0.2) is 31.4 Å². The van der Waals surface area contributed by atoms with E-state index in [1.165, 1.54) is 0 Å². The molecule has 1 aliphatic rings. The predicted molar refractivity (Wildman–Crippen MR) is 69.7 cm³/mol. The molecule has 0 amide bonds. The summed E-state index contributed by atoms with van der Waals surface area (Å²) in [7, 11) is 4.02. The number of aliphatic hydroxyl groups is 1. The summed E-state index contributed by atoms with van der Waals surface area (Å²) in [4.78, 5) is 2.05. The summed E-state index contributed by atoms with van der Waals surface area (Å²) in [6, 6.07) is 8.00. The normalized spacial score (nSPS) is 24.4. The van der Waals surface area contributed by atoms with Crippen molar-refractivity contribution < 1.29 is 9.84 Å². The Bertz CT molecular complexity index is 365. The van der Waals surface area contributed by atoms with Crippen molar-refractivity contribution in [1.82, 2.24) is 0 Å². The second kappa shape index (κ2) is 5.41. The van der Waals surface area contributed by atoms with Crippen molar-refractivity contribution in [3.05, 3.63) is 24.3 Å². The highest BCUT2D eigenvalue weighted by atomic mass is 16.5. The van der Waals surface area contributed by atoms with Crippen LogP contribution in [0, 0.1) is 0 Å². The van der Waals surface area contributed by atoms with Crippen LogP contribution in [0.3, 0.4) is 0 Å². The van der Waals surface area contributed by atoms with Crippen LogP contribution < -0.4 is 9.64 Å². The smallest absolute Gasteiger partial charge is 0.124 e. The van der Waals surface area contributed by atoms with Gasteiger partial charge in [-0.2, -0.15) is 0 Å². The third kappa shape index (κ3) is 3.13. The maximum Gasteiger partial charge on any atom is 0.124 e. The quantitative estimate of drug-likeness (QED) is 0.873. The van der Waals surface area contributed by atoms with Crippen molar-refractivity contribution in [2.75, 3.05) is 19.0 Å². The molecule has 1 N–H and O–H groups in total. The lowest BCUT2D eigenvalue weighted by Gasteiger charge is -2.28. The van der Waals surface area contributed by atoms with Gasteiger partial charge < -0.3 is 14.7 Å². The van der Waals surface area contributed by atoms with Crippen LogP contribution in [0.1, 0.15) is 25.7 Å². The third-order valence-corrected chi connectivity index (χ3v) is 3.29. The lowest BCUT2D eigenvalue weighted by atomic mass is 9.95. The number of aliphatic hydroxyl groups excluding tert-OH is 1. The molecule has 3 nitrogen and oxygen atoms in total. The number of nitrogens with zero attached hydrogens (tertiary/aromatic N) is 1. The number of hydrogen-bond acceptors (Lipinski definition) is 3. The molecule has 0 radical (unpaired) electrons. The van der Waals surface area contributed by atoms with Gasteiger partial charge >= 0.3 is 0 Å². The van der Waals surface area contributed by atoms with Gasteiger partial charge in [-0.25, -0.2) is 0 Å². The number of benzene rings is 1. The lowest BCUT2D eigenvalue weighted by Crippen LogP contribution is -2.34. The highest BCUT2D eigenvalue weighted by Gasteiger charge is 2.24. The van der Waals surface area contributed by atoms with Gasteiger partial charge in [0.15, 0.2) is 0 Å². The van der Waals surface area contributed by atoms with Gasteiger partial charge in [-0.05, 0) is 31.4 Å². The summed E-state index contributed by atoms with van der Waals surface area (Å²) in [5.41, 5.74) is 1.12. The van der Waals surface area contributed by atoms with Crippen molar-refractivity contribution in [2.45, 2.75) is 37.9 Å². The van der Waals surface area contributed by atoms with E-state index >= 15 is 0 Å². The van der Waals surface area contributed by atoms with Gasteiger partial charge in [0, 0.05) is 25.8 Å². The topological polar surface area (TPSA) is 32.7 Å². The van der Waals surface area contributed by atoms with Crippen LogP contribution in [-0.2, 0) is 0 Å². The number of rotatable bonds is 3. The average molecular weight is 235 g/mol. The zero-order valence-electron chi connectivity index (χ0n) is 10.6. The lowest BCUT2D eigenvalue weighted by molar-refractivity contribution is 0.00690. The molecule has 1 aromatic carbocycles. The minimum atomic E-state index is -0.313. The molecule has 0 saturated heterocycles. The van der Waals surface area contributed by atoms with E-state index in [1.807, 2.05) is 43.3 Å². The van der Waals surface area contributed by atoms with E-state index in [0.29, 0.717) is 0 Å². The fourth-order valence-electron chi connectivity index (χ4n) is 2.22. The Morgan fingerprint density at radius 1 is 1.24 bits per heavy atom. The molecule has 94 valence electrons. The van der Waals surface area contributed by atoms with Crippen molar-refractivity contribution in [3.8, 4) is 5.75 Å². The fraction of sp³-hybridized carbons (Fsp3) is 0.571. The third-order valence-electron chi connectivity index (χ3n) is 3.29. The predicted octanol–water partition coefficient (Wildman–Crippen LogP) is 2.43. The van der Waals surface area contributed by atoms with E-state index in [4.69, 9.17) is 4.74 Å². The molecular formula is C14H21NO2. The van der Waals surface area contributed by atoms with Crippen LogP contribution in [0.2, 0.25) is 0 Å².